The fraction of sp³-hybridized carbons (Fsp3) is 0.211. The highest BCUT2D eigenvalue weighted by Crippen LogP contribution is 2.30. The van der Waals surface area contributed by atoms with E-state index < -0.39 is 18.0 Å². The van der Waals surface area contributed by atoms with Gasteiger partial charge in [0, 0.05) is 34.2 Å². The summed E-state index contributed by atoms with van der Waals surface area (Å²) in [5.41, 5.74) is 2.23. The summed E-state index contributed by atoms with van der Waals surface area (Å²) in [6.07, 6.45) is -4.80. The van der Waals surface area contributed by atoms with Crippen molar-refractivity contribution in [1.29, 1.82) is 0 Å². The van der Waals surface area contributed by atoms with Crippen LogP contribution in [0.3, 0.4) is 0 Å². The molecule has 1 N–H and O–H groups in total. The van der Waals surface area contributed by atoms with E-state index in [4.69, 9.17) is 11.6 Å². The SMILES string of the molecule is CCn1c(C(=O)Nc2cccc(OC(F)(F)F)c2)c(C)c2cc(Cl)ccc21. The zero-order valence-electron chi connectivity index (χ0n) is 14.5. The lowest BCUT2D eigenvalue weighted by Crippen LogP contribution is -2.19. The first-order valence-electron chi connectivity index (χ1n) is 8.15. The van der Waals surface area contributed by atoms with E-state index in [0.717, 1.165) is 22.5 Å². The van der Waals surface area contributed by atoms with Gasteiger partial charge in [0.25, 0.3) is 5.91 Å². The first-order chi connectivity index (χ1) is 12.7. The number of halogens is 4. The molecule has 27 heavy (non-hydrogen) atoms. The number of ether oxygens (including phenoxy) is 1. The summed E-state index contributed by atoms with van der Waals surface area (Å²) in [7, 11) is 0. The highest BCUT2D eigenvalue weighted by atomic mass is 35.5. The molecule has 0 unspecified atom stereocenters. The molecule has 0 fully saturated rings. The van der Waals surface area contributed by atoms with Gasteiger partial charge >= 0.3 is 6.36 Å². The van der Waals surface area contributed by atoms with E-state index in [1.54, 1.807) is 12.1 Å². The lowest BCUT2D eigenvalue weighted by molar-refractivity contribution is -0.274. The van der Waals surface area contributed by atoms with Crippen LogP contribution in [0.1, 0.15) is 23.0 Å². The zero-order valence-corrected chi connectivity index (χ0v) is 15.3. The molecular weight excluding hydrogens is 381 g/mol. The van der Waals surface area contributed by atoms with Crippen molar-refractivity contribution in [2.24, 2.45) is 0 Å². The van der Waals surface area contributed by atoms with E-state index in [2.05, 4.69) is 10.1 Å². The van der Waals surface area contributed by atoms with Gasteiger partial charge in [-0.3, -0.25) is 4.79 Å². The second kappa shape index (κ2) is 7.15. The highest BCUT2D eigenvalue weighted by Gasteiger charge is 2.31. The van der Waals surface area contributed by atoms with Crippen LogP contribution in [-0.4, -0.2) is 16.8 Å². The lowest BCUT2D eigenvalue weighted by atomic mass is 10.1. The van der Waals surface area contributed by atoms with Crippen LogP contribution < -0.4 is 10.1 Å². The van der Waals surface area contributed by atoms with Crippen LogP contribution in [0.25, 0.3) is 10.9 Å². The van der Waals surface area contributed by atoms with Gasteiger partial charge in [0.15, 0.2) is 0 Å². The van der Waals surface area contributed by atoms with Crippen LogP contribution >= 0.6 is 11.6 Å². The van der Waals surface area contributed by atoms with Gasteiger partial charge < -0.3 is 14.6 Å². The third-order valence-electron chi connectivity index (χ3n) is 4.14. The number of amides is 1. The predicted molar refractivity (Wildman–Crippen MR) is 98.4 cm³/mol. The first kappa shape index (κ1) is 19.1. The van der Waals surface area contributed by atoms with Gasteiger partial charge in [0.2, 0.25) is 0 Å². The minimum Gasteiger partial charge on any atom is -0.406 e. The molecule has 0 bridgehead atoms. The fourth-order valence-electron chi connectivity index (χ4n) is 3.08. The predicted octanol–water partition coefficient (Wildman–Crippen LogP) is 5.77. The molecule has 1 heterocycles. The minimum atomic E-state index is -4.80. The Balaban J connectivity index is 1.95. The number of hydrogen-bond donors (Lipinski definition) is 1. The number of carbonyl (C=O) groups is 1. The maximum atomic E-state index is 12.8. The van der Waals surface area contributed by atoms with Crippen molar-refractivity contribution in [3.8, 4) is 5.75 Å². The Labute approximate surface area is 158 Å². The van der Waals surface area contributed by atoms with Gasteiger partial charge in [-0.1, -0.05) is 17.7 Å². The minimum absolute atomic E-state index is 0.201. The van der Waals surface area contributed by atoms with Crippen LogP contribution in [0.4, 0.5) is 18.9 Å². The molecule has 2 aromatic carbocycles. The molecule has 0 saturated heterocycles. The average molecular weight is 397 g/mol. The van der Waals surface area contributed by atoms with Crippen molar-refractivity contribution in [2.75, 3.05) is 5.32 Å². The molecule has 1 aromatic heterocycles. The molecule has 3 aromatic rings. The number of aromatic nitrogens is 1. The zero-order chi connectivity index (χ0) is 19.8. The molecule has 0 spiro atoms. The van der Waals surface area contributed by atoms with E-state index >= 15 is 0 Å². The highest BCUT2D eigenvalue weighted by molar-refractivity contribution is 6.31. The molecule has 0 atom stereocenters. The largest absolute Gasteiger partial charge is 0.573 e. The van der Waals surface area contributed by atoms with Crippen molar-refractivity contribution in [1.82, 2.24) is 4.57 Å². The molecular formula is C19H16ClF3N2O2. The molecule has 4 nitrogen and oxygen atoms in total. The topological polar surface area (TPSA) is 43.3 Å². The van der Waals surface area contributed by atoms with Crippen molar-refractivity contribution in [2.45, 2.75) is 26.8 Å². The van der Waals surface area contributed by atoms with E-state index in [1.165, 1.54) is 18.2 Å². The second-order valence-electron chi connectivity index (χ2n) is 5.91. The average Bonchev–Trinajstić information content (AvgIpc) is 2.85. The summed E-state index contributed by atoms with van der Waals surface area (Å²) < 4.78 is 42.9. The van der Waals surface area contributed by atoms with Gasteiger partial charge in [-0.2, -0.15) is 0 Å². The number of fused-ring (bicyclic) bond motifs is 1. The van der Waals surface area contributed by atoms with Crippen LogP contribution in [0.5, 0.6) is 5.75 Å². The normalized spacial score (nSPS) is 11.6. The molecule has 142 valence electrons. The summed E-state index contributed by atoms with van der Waals surface area (Å²) in [5.74, 6) is -0.828. The molecule has 0 saturated carbocycles. The van der Waals surface area contributed by atoms with Gasteiger partial charge in [0.1, 0.15) is 11.4 Å². The molecule has 0 aliphatic carbocycles. The molecule has 1 amide bonds. The molecule has 0 radical (unpaired) electrons. The molecule has 0 aliphatic rings. The number of nitrogens with one attached hydrogen (secondary N) is 1. The third kappa shape index (κ3) is 4.03. The maximum absolute atomic E-state index is 12.8. The summed E-state index contributed by atoms with van der Waals surface area (Å²) in [5, 5.41) is 4.04. The molecule has 0 aliphatic heterocycles. The van der Waals surface area contributed by atoms with E-state index in [9.17, 15) is 18.0 Å². The van der Waals surface area contributed by atoms with Gasteiger partial charge in [-0.15, -0.1) is 13.2 Å². The number of aryl methyl sites for hydroxylation is 2. The van der Waals surface area contributed by atoms with Crippen LogP contribution in [0.15, 0.2) is 42.5 Å². The lowest BCUT2D eigenvalue weighted by Gasteiger charge is -2.12. The van der Waals surface area contributed by atoms with Crippen molar-refractivity contribution >= 4 is 34.1 Å². The quantitative estimate of drug-likeness (QED) is 0.608. The monoisotopic (exact) mass is 396 g/mol. The summed E-state index contributed by atoms with van der Waals surface area (Å²) >= 11 is 6.06. The van der Waals surface area contributed by atoms with Crippen LogP contribution in [0.2, 0.25) is 5.02 Å². The Kier molecular flexibility index (Phi) is 5.06. The maximum Gasteiger partial charge on any atom is 0.573 e. The van der Waals surface area contributed by atoms with Crippen molar-refractivity contribution < 1.29 is 22.7 Å². The van der Waals surface area contributed by atoms with Gasteiger partial charge in [0.05, 0.1) is 0 Å². The Morgan fingerprint density at radius 2 is 1.96 bits per heavy atom. The smallest absolute Gasteiger partial charge is 0.406 e. The molecule has 8 heteroatoms. The number of alkyl halides is 3. The Bertz CT molecular complexity index is 1010. The summed E-state index contributed by atoms with van der Waals surface area (Å²) in [4.78, 5) is 12.8. The van der Waals surface area contributed by atoms with Gasteiger partial charge in [-0.05, 0) is 49.7 Å². The Hall–Kier alpha value is -2.67. The summed E-state index contributed by atoms with van der Waals surface area (Å²) in [6, 6.07) is 10.5. The fourth-order valence-corrected chi connectivity index (χ4v) is 3.25. The third-order valence-corrected chi connectivity index (χ3v) is 4.37. The van der Waals surface area contributed by atoms with E-state index in [0.29, 0.717) is 17.3 Å². The number of anilines is 1. The number of hydrogen-bond acceptors (Lipinski definition) is 2. The number of carbonyl (C=O) groups excluding carboxylic acids is 1. The van der Waals surface area contributed by atoms with E-state index in [-0.39, 0.29) is 5.69 Å². The van der Waals surface area contributed by atoms with Crippen LogP contribution in [0, 0.1) is 6.92 Å². The Morgan fingerprint density at radius 1 is 1.22 bits per heavy atom. The molecule has 3 rings (SSSR count). The van der Waals surface area contributed by atoms with Crippen molar-refractivity contribution in [3.05, 3.63) is 58.7 Å². The van der Waals surface area contributed by atoms with Gasteiger partial charge in [-0.25, -0.2) is 0 Å². The number of benzene rings is 2. The first-order valence-corrected chi connectivity index (χ1v) is 8.53. The number of rotatable bonds is 4. The van der Waals surface area contributed by atoms with Crippen molar-refractivity contribution in [3.63, 3.8) is 0 Å². The standard InChI is InChI=1S/C19H16ClF3N2O2/c1-3-25-16-8-7-12(20)9-15(16)11(2)17(25)18(26)24-13-5-4-6-14(10-13)27-19(21,22)23/h4-10H,3H2,1-2H3,(H,24,26). The van der Waals surface area contributed by atoms with E-state index in [1.807, 2.05) is 24.5 Å². The second-order valence-corrected chi connectivity index (χ2v) is 6.35. The summed E-state index contributed by atoms with van der Waals surface area (Å²) in [6.45, 7) is 4.26. The Morgan fingerprint density at radius 3 is 2.63 bits per heavy atom. The number of nitrogens with zero attached hydrogens (tertiary/aromatic N) is 1. The van der Waals surface area contributed by atoms with Crippen LogP contribution in [-0.2, 0) is 6.54 Å².